The van der Waals surface area contributed by atoms with E-state index in [1.807, 2.05) is 0 Å². The number of aryl methyl sites for hydroxylation is 1. The summed E-state index contributed by atoms with van der Waals surface area (Å²) in [6.45, 7) is 0. The lowest BCUT2D eigenvalue weighted by Crippen LogP contribution is -2.27. The van der Waals surface area contributed by atoms with E-state index in [1.165, 1.54) is 13.4 Å². The average Bonchev–Trinajstić information content (AvgIpc) is 2.86. The zero-order valence-electron chi connectivity index (χ0n) is 11.3. The van der Waals surface area contributed by atoms with Gasteiger partial charge in [-0.15, -0.1) is 5.10 Å². The number of primary amides is 1. The van der Waals surface area contributed by atoms with Crippen LogP contribution in [0, 0.1) is 0 Å². The molecule has 0 aromatic carbocycles. The molecule has 2 rings (SSSR count). The number of nitrogens with zero attached hydrogens (tertiary/aromatic N) is 5. The Morgan fingerprint density at radius 3 is 2.23 bits per heavy atom. The maximum absolute atomic E-state index is 11.4. The molecule has 22 heavy (non-hydrogen) atoms. The molecule has 0 saturated heterocycles. The van der Waals surface area contributed by atoms with Crippen LogP contribution in [0.3, 0.4) is 0 Å². The molecule has 0 saturated carbocycles. The number of carbonyl (C=O) groups is 3. The molecule has 12 heteroatoms. The van der Waals surface area contributed by atoms with Crippen molar-refractivity contribution in [1.29, 1.82) is 0 Å². The third kappa shape index (κ3) is 4.09. The number of carboxylic acids is 2. The van der Waals surface area contributed by atoms with Crippen LogP contribution >= 0.6 is 0 Å². The monoisotopic (exact) mass is 312 g/mol. The van der Waals surface area contributed by atoms with Gasteiger partial charge in [0.25, 0.3) is 5.91 Å². The summed E-state index contributed by atoms with van der Waals surface area (Å²) in [6, 6.07) is 0. The maximum atomic E-state index is 11.4. The molecule has 2 heterocycles. The third-order valence-electron chi connectivity index (χ3n) is 2.28. The molecule has 0 bridgehead atoms. The van der Waals surface area contributed by atoms with Gasteiger partial charge in [0.2, 0.25) is 0 Å². The van der Waals surface area contributed by atoms with E-state index in [0.717, 1.165) is 9.08 Å². The van der Waals surface area contributed by atoms with Crippen molar-refractivity contribution in [3.63, 3.8) is 0 Å². The topological polar surface area (TPSA) is 183 Å². The van der Waals surface area contributed by atoms with Gasteiger partial charge in [0.1, 0.15) is 6.33 Å². The Hall–Kier alpha value is -3.31. The van der Waals surface area contributed by atoms with Gasteiger partial charge >= 0.3 is 17.6 Å². The highest BCUT2D eigenvalue weighted by Gasteiger charge is 2.13. The first-order chi connectivity index (χ1) is 10.2. The van der Waals surface area contributed by atoms with Gasteiger partial charge in [-0.3, -0.25) is 14.4 Å². The van der Waals surface area contributed by atoms with Crippen LogP contribution in [0.15, 0.2) is 11.1 Å². The van der Waals surface area contributed by atoms with Crippen molar-refractivity contribution >= 4 is 23.5 Å². The zero-order valence-corrected chi connectivity index (χ0v) is 11.3. The SMILES string of the molecule is Cn1nnc2c(C(N)=O)ncn2c1=O.O=C(O)CCC(=O)O. The molecular formula is C10H12N6O6. The summed E-state index contributed by atoms with van der Waals surface area (Å²) in [4.78, 5) is 45.2. The fourth-order valence-corrected chi connectivity index (χ4v) is 1.27. The first-order valence-electron chi connectivity index (χ1n) is 5.74. The lowest BCUT2D eigenvalue weighted by Gasteiger charge is -1.95. The van der Waals surface area contributed by atoms with E-state index in [-0.39, 0.29) is 24.2 Å². The smallest absolute Gasteiger partial charge is 0.352 e. The number of hydrogen-bond donors (Lipinski definition) is 3. The van der Waals surface area contributed by atoms with Crippen LogP contribution in [0.5, 0.6) is 0 Å². The highest BCUT2D eigenvalue weighted by Crippen LogP contribution is 2.00. The Morgan fingerprint density at radius 1 is 1.23 bits per heavy atom. The molecule has 0 radical (unpaired) electrons. The minimum Gasteiger partial charge on any atom is -0.481 e. The Morgan fingerprint density at radius 2 is 1.77 bits per heavy atom. The number of imidazole rings is 1. The molecule has 0 aliphatic rings. The number of hydrogen-bond acceptors (Lipinski definition) is 7. The molecule has 0 fully saturated rings. The molecule has 0 aliphatic carbocycles. The fourth-order valence-electron chi connectivity index (χ4n) is 1.27. The normalized spacial score (nSPS) is 9.86. The van der Waals surface area contributed by atoms with Crippen LogP contribution in [0.25, 0.3) is 5.65 Å². The number of fused-ring (bicyclic) bond motifs is 1. The van der Waals surface area contributed by atoms with Crippen LogP contribution in [0.1, 0.15) is 23.3 Å². The number of rotatable bonds is 4. The maximum Gasteiger partial charge on any atom is 0.352 e. The summed E-state index contributed by atoms with van der Waals surface area (Å²) in [5.74, 6) is -2.89. The molecule has 118 valence electrons. The van der Waals surface area contributed by atoms with E-state index < -0.39 is 23.5 Å². The van der Waals surface area contributed by atoms with Crippen molar-refractivity contribution in [3.05, 3.63) is 22.5 Å². The predicted octanol–water partition coefficient (Wildman–Crippen LogP) is -2.14. The number of amides is 1. The van der Waals surface area contributed by atoms with E-state index in [9.17, 15) is 19.2 Å². The molecule has 2 aromatic rings. The minimum atomic E-state index is -1.08. The second-order valence-corrected chi connectivity index (χ2v) is 3.93. The Bertz CT molecular complexity index is 764. The van der Waals surface area contributed by atoms with E-state index in [1.54, 1.807) is 0 Å². The van der Waals surface area contributed by atoms with Crippen LogP contribution in [0.4, 0.5) is 0 Å². The summed E-state index contributed by atoms with van der Waals surface area (Å²) in [7, 11) is 1.44. The molecule has 12 nitrogen and oxygen atoms in total. The molecule has 0 spiro atoms. The lowest BCUT2D eigenvalue weighted by atomic mass is 10.3. The van der Waals surface area contributed by atoms with Gasteiger partial charge in [0.05, 0.1) is 12.8 Å². The van der Waals surface area contributed by atoms with Crippen LogP contribution in [-0.4, -0.2) is 52.4 Å². The summed E-state index contributed by atoms with van der Waals surface area (Å²) in [6.07, 6.45) is 0.594. The highest BCUT2D eigenvalue weighted by molar-refractivity contribution is 5.96. The van der Waals surface area contributed by atoms with Gasteiger partial charge in [-0.25, -0.2) is 14.2 Å². The molecule has 1 amide bonds. The summed E-state index contributed by atoms with van der Waals surface area (Å²) in [5, 5.41) is 22.9. The standard InChI is InChI=1S/C6H6N6O2.C4H6O4/c1-11-6(14)12-2-8-3(4(7)13)5(12)9-10-11;5-3(6)1-2-4(7)8/h2H,1H3,(H2,7,13);1-2H2,(H,5,6)(H,7,8). The molecule has 2 aromatic heterocycles. The molecular weight excluding hydrogens is 300 g/mol. The third-order valence-corrected chi connectivity index (χ3v) is 2.28. The van der Waals surface area contributed by atoms with E-state index in [2.05, 4.69) is 15.3 Å². The van der Waals surface area contributed by atoms with Gasteiger partial charge in [0, 0.05) is 7.05 Å². The van der Waals surface area contributed by atoms with Crippen molar-refractivity contribution in [2.75, 3.05) is 0 Å². The van der Waals surface area contributed by atoms with Gasteiger partial charge in [-0.2, -0.15) is 4.68 Å². The number of carboxylic acid groups (broad SMARTS) is 2. The van der Waals surface area contributed by atoms with Crippen molar-refractivity contribution in [1.82, 2.24) is 24.4 Å². The predicted molar refractivity (Wildman–Crippen MR) is 69.0 cm³/mol. The Balaban J connectivity index is 0.000000261. The molecule has 0 aliphatic heterocycles. The summed E-state index contributed by atoms with van der Waals surface area (Å²) < 4.78 is 2.13. The van der Waals surface area contributed by atoms with Crippen molar-refractivity contribution < 1.29 is 24.6 Å². The van der Waals surface area contributed by atoms with Crippen molar-refractivity contribution in [3.8, 4) is 0 Å². The van der Waals surface area contributed by atoms with E-state index in [0.29, 0.717) is 0 Å². The molecule has 0 unspecified atom stereocenters. The largest absolute Gasteiger partial charge is 0.481 e. The number of carbonyl (C=O) groups excluding carboxylic acids is 1. The van der Waals surface area contributed by atoms with Gasteiger partial charge in [-0.05, 0) is 0 Å². The second-order valence-electron chi connectivity index (χ2n) is 3.93. The number of nitrogens with two attached hydrogens (primary N) is 1. The van der Waals surface area contributed by atoms with Gasteiger partial charge in [0.15, 0.2) is 11.3 Å². The minimum absolute atomic E-state index is 0.0600. The van der Waals surface area contributed by atoms with Crippen molar-refractivity contribution in [2.45, 2.75) is 12.8 Å². The molecule has 4 N–H and O–H groups in total. The average molecular weight is 312 g/mol. The Kier molecular flexibility index (Phi) is 5.26. The summed E-state index contributed by atoms with van der Waals surface area (Å²) >= 11 is 0. The lowest BCUT2D eigenvalue weighted by molar-refractivity contribution is -0.143. The van der Waals surface area contributed by atoms with Crippen molar-refractivity contribution in [2.24, 2.45) is 12.8 Å². The van der Waals surface area contributed by atoms with E-state index >= 15 is 0 Å². The van der Waals surface area contributed by atoms with Crippen LogP contribution in [-0.2, 0) is 16.6 Å². The fraction of sp³-hybridized carbons (Fsp3) is 0.300. The van der Waals surface area contributed by atoms with Gasteiger partial charge in [-0.1, -0.05) is 5.21 Å². The second kappa shape index (κ2) is 6.92. The number of aromatic nitrogens is 5. The first kappa shape index (κ1) is 16.7. The Labute approximate surface area is 121 Å². The first-order valence-corrected chi connectivity index (χ1v) is 5.74. The van der Waals surface area contributed by atoms with E-state index in [4.69, 9.17) is 15.9 Å². The molecule has 0 atom stereocenters. The van der Waals surface area contributed by atoms with Crippen LogP contribution in [0.2, 0.25) is 0 Å². The number of aliphatic carboxylic acids is 2. The quantitative estimate of drug-likeness (QED) is 0.566. The van der Waals surface area contributed by atoms with Gasteiger partial charge < -0.3 is 15.9 Å². The van der Waals surface area contributed by atoms with Crippen LogP contribution < -0.4 is 11.4 Å². The highest BCUT2D eigenvalue weighted by atomic mass is 16.4. The summed E-state index contributed by atoms with van der Waals surface area (Å²) in [5.41, 5.74) is 4.60. The zero-order chi connectivity index (χ0) is 16.9.